The normalized spacial score (nSPS) is 15.1. The van der Waals surface area contributed by atoms with E-state index in [2.05, 4.69) is 15.1 Å². The molecule has 0 unspecified atom stereocenters. The summed E-state index contributed by atoms with van der Waals surface area (Å²) in [4.78, 5) is 34.5. The molecule has 3 aromatic carbocycles. The highest BCUT2D eigenvalue weighted by molar-refractivity contribution is 7.91. The van der Waals surface area contributed by atoms with Crippen molar-refractivity contribution in [2.75, 3.05) is 29.5 Å². The molecule has 1 aliphatic heterocycles. The van der Waals surface area contributed by atoms with E-state index in [1.165, 1.54) is 11.0 Å². The zero-order valence-electron chi connectivity index (χ0n) is 22.4. The van der Waals surface area contributed by atoms with Gasteiger partial charge in [-0.05, 0) is 35.4 Å². The first-order chi connectivity index (χ1) is 20.5. The number of carboxylic acids is 1. The van der Waals surface area contributed by atoms with Crippen LogP contribution in [0, 0.1) is 18.2 Å². The van der Waals surface area contributed by atoms with Crippen LogP contribution in [0.15, 0.2) is 60.8 Å². The second kappa shape index (κ2) is 11.9. The highest BCUT2D eigenvalue weighted by atomic mass is 35.5. The number of carbonyl (C=O) groups excluding carboxylic acids is 1. The van der Waals surface area contributed by atoms with Crippen LogP contribution in [-0.2, 0) is 21.1 Å². The minimum absolute atomic E-state index is 0.0496. The Labute approximate surface area is 250 Å². The monoisotopic (exact) mass is 624 g/mol. The molecule has 2 heterocycles. The van der Waals surface area contributed by atoms with Crippen molar-refractivity contribution < 1.29 is 31.9 Å². The number of pyridine rings is 1. The van der Waals surface area contributed by atoms with Crippen LogP contribution in [0.5, 0.6) is 0 Å². The lowest BCUT2D eigenvalue weighted by Gasteiger charge is -2.29. The smallest absolute Gasteiger partial charge is 0.326 e. The zero-order chi connectivity index (χ0) is 30.9. The van der Waals surface area contributed by atoms with Gasteiger partial charge in [-0.2, -0.15) is 0 Å². The van der Waals surface area contributed by atoms with Gasteiger partial charge in [-0.15, -0.1) is 0 Å². The number of carbonyl (C=O) groups is 2. The number of anilines is 1. The van der Waals surface area contributed by atoms with Crippen LogP contribution in [0.2, 0.25) is 5.02 Å². The Kier molecular flexibility index (Phi) is 8.30. The summed E-state index contributed by atoms with van der Waals surface area (Å²) in [5.41, 5.74) is 1.78. The third kappa shape index (κ3) is 6.28. The van der Waals surface area contributed by atoms with Crippen molar-refractivity contribution in [1.29, 1.82) is 0 Å². The zero-order valence-corrected chi connectivity index (χ0v) is 23.9. The lowest BCUT2D eigenvalue weighted by Crippen LogP contribution is -2.43. The van der Waals surface area contributed by atoms with E-state index in [4.69, 9.17) is 18.2 Å². The van der Waals surface area contributed by atoms with E-state index < -0.39 is 45.0 Å². The van der Waals surface area contributed by atoms with Crippen LogP contribution in [0.1, 0.15) is 15.9 Å². The molecule has 5 rings (SSSR count). The maximum Gasteiger partial charge on any atom is 0.326 e. The number of hydrogen-bond acceptors (Lipinski definition) is 6. The molecule has 4 aromatic rings. The van der Waals surface area contributed by atoms with Crippen LogP contribution >= 0.6 is 11.6 Å². The summed E-state index contributed by atoms with van der Waals surface area (Å²) >= 11 is 6.43. The molecule has 1 atom stereocenters. The summed E-state index contributed by atoms with van der Waals surface area (Å²) in [6.45, 7) is 7.28. The van der Waals surface area contributed by atoms with E-state index in [1.54, 1.807) is 42.6 Å². The third-order valence-corrected chi connectivity index (χ3v) is 9.14. The van der Waals surface area contributed by atoms with Crippen molar-refractivity contribution in [3.8, 4) is 11.1 Å². The van der Waals surface area contributed by atoms with Crippen LogP contribution in [0.4, 0.5) is 20.2 Å². The number of fused-ring (bicyclic) bond motifs is 1. The van der Waals surface area contributed by atoms with E-state index >= 15 is 8.78 Å². The quantitative estimate of drug-likeness (QED) is 0.276. The molecule has 0 bridgehead atoms. The standard InChI is InChI=1S/C30H23ClF2N4O5S/c1-34-18-5-7-21(23(31)14-18)22-6-4-17(20-3-2-8-35-28(20)22)13-26(30(39)40)36-29(38)27-24(32)15-19(16-25(27)33)37-9-11-43(41,42)12-10-37/h2-8,14-16,26H,9-13H2,(H,36,38)(H,39,40)/t26-/m0/s1. The van der Waals surface area contributed by atoms with Gasteiger partial charge in [-0.3, -0.25) is 9.78 Å². The Morgan fingerprint density at radius 2 is 1.74 bits per heavy atom. The fourth-order valence-electron chi connectivity index (χ4n) is 5.00. The molecule has 43 heavy (non-hydrogen) atoms. The number of rotatable bonds is 7. The summed E-state index contributed by atoms with van der Waals surface area (Å²) in [7, 11) is -3.22. The Morgan fingerprint density at radius 1 is 1.07 bits per heavy atom. The number of amides is 1. The van der Waals surface area contributed by atoms with Crippen molar-refractivity contribution in [3.63, 3.8) is 0 Å². The number of sulfone groups is 1. The van der Waals surface area contributed by atoms with Gasteiger partial charge < -0.3 is 15.3 Å². The molecule has 1 amide bonds. The van der Waals surface area contributed by atoms with Gasteiger partial charge in [0, 0.05) is 47.4 Å². The van der Waals surface area contributed by atoms with Crippen LogP contribution in [0.25, 0.3) is 26.9 Å². The van der Waals surface area contributed by atoms with Crippen molar-refractivity contribution >= 4 is 55.6 Å². The summed E-state index contributed by atoms with van der Waals surface area (Å²) in [5.74, 6) is -5.40. The van der Waals surface area contributed by atoms with Crippen molar-refractivity contribution in [2.45, 2.75) is 12.5 Å². The summed E-state index contributed by atoms with van der Waals surface area (Å²) in [5, 5.41) is 13.0. The molecular weight excluding hydrogens is 602 g/mol. The first-order valence-corrected chi connectivity index (χ1v) is 15.2. The van der Waals surface area contributed by atoms with Gasteiger partial charge >= 0.3 is 5.97 Å². The lowest BCUT2D eigenvalue weighted by molar-refractivity contribution is -0.139. The summed E-state index contributed by atoms with van der Waals surface area (Å²) in [6, 6.07) is 11.9. The molecule has 2 N–H and O–H groups in total. The van der Waals surface area contributed by atoms with Gasteiger partial charge in [0.05, 0.1) is 23.6 Å². The predicted molar refractivity (Wildman–Crippen MR) is 158 cm³/mol. The highest BCUT2D eigenvalue weighted by Gasteiger charge is 2.28. The van der Waals surface area contributed by atoms with E-state index in [0.29, 0.717) is 38.3 Å². The molecule has 0 aliphatic carbocycles. The Balaban J connectivity index is 1.41. The van der Waals surface area contributed by atoms with Crippen LogP contribution in [-0.4, -0.2) is 61.0 Å². The molecule has 13 heteroatoms. The molecule has 1 aliphatic rings. The molecule has 0 spiro atoms. The molecule has 9 nitrogen and oxygen atoms in total. The maximum absolute atomic E-state index is 15.0. The van der Waals surface area contributed by atoms with E-state index in [-0.39, 0.29) is 36.7 Å². The number of aliphatic carboxylic acids is 1. The first kappa shape index (κ1) is 29.9. The molecule has 1 aromatic heterocycles. The number of aromatic nitrogens is 1. The van der Waals surface area contributed by atoms with Crippen molar-refractivity contribution in [1.82, 2.24) is 10.3 Å². The fraction of sp³-hybridized carbons (Fsp3) is 0.200. The number of halogens is 3. The van der Waals surface area contributed by atoms with Crippen molar-refractivity contribution in [3.05, 3.63) is 100.0 Å². The van der Waals surface area contributed by atoms with Crippen LogP contribution < -0.4 is 10.2 Å². The van der Waals surface area contributed by atoms with Crippen molar-refractivity contribution in [2.24, 2.45) is 0 Å². The molecule has 1 saturated heterocycles. The average Bonchev–Trinajstić information content (AvgIpc) is 2.96. The summed E-state index contributed by atoms with van der Waals surface area (Å²) < 4.78 is 53.4. The number of nitrogens with zero attached hydrogens (tertiary/aromatic N) is 3. The largest absolute Gasteiger partial charge is 0.480 e. The Hall–Kier alpha value is -4.60. The lowest BCUT2D eigenvalue weighted by atomic mass is 9.95. The molecular formula is C30H23ClF2N4O5S. The van der Waals surface area contributed by atoms with Gasteiger partial charge in [0.1, 0.15) is 23.2 Å². The number of benzene rings is 3. The second-order valence-electron chi connectivity index (χ2n) is 9.94. The van der Waals surface area contributed by atoms with Gasteiger partial charge in [-0.1, -0.05) is 41.9 Å². The third-order valence-electron chi connectivity index (χ3n) is 7.22. The van der Waals surface area contributed by atoms with Gasteiger partial charge in [0.15, 0.2) is 15.5 Å². The minimum atomic E-state index is -3.22. The van der Waals surface area contributed by atoms with Gasteiger partial charge in [-0.25, -0.2) is 26.8 Å². The minimum Gasteiger partial charge on any atom is -0.480 e. The Bertz CT molecular complexity index is 1890. The molecule has 0 radical (unpaired) electrons. The predicted octanol–water partition coefficient (Wildman–Crippen LogP) is 5.04. The molecule has 220 valence electrons. The average molecular weight is 625 g/mol. The van der Waals surface area contributed by atoms with Gasteiger partial charge in [0.2, 0.25) is 0 Å². The number of hydrogen-bond donors (Lipinski definition) is 2. The van der Waals surface area contributed by atoms with Crippen LogP contribution in [0.3, 0.4) is 0 Å². The topological polar surface area (TPSA) is 121 Å². The highest BCUT2D eigenvalue weighted by Crippen LogP contribution is 2.36. The fourth-order valence-corrected chi connectivity index (χ4v) is 6.48. The van der Waals surface area contributed by atoms with E-state index in [1.807, 2.05) is 0 Å². The number of nitrogens with one attached hydrogen (secondary N) is 1. The number of carboxylic acid groups (broad SMARTS) is 1. The van der Waals surface area contributed by atoms with Gasteiger partial charge in [0.25, 0.3) is 5.91 Å². The second-order valence-corrected chi connectivity index (χ2v) is 12.7. The van der Waals surface area contributed by atoms with E-state index in [9.17, 15) is 23.1 Å². The first-order valence-electron chi connectivity index (χ1n) is 13.0. The maximum atomic E-state index is 15.0. The SMILES string of the molecule is [C-]#[N+]c1ccc(-c2ccc(C[C@H](NC(=O)c3c(F)cc(N4CCS(=O)(=O)CC4)cc3F)C(=O)O)c3cccnc23)c(Cl)c1. The summed E-state index contributed by atoms with van der Waals surface area (Å²) in [6.07, 6.45) is 1.34. The van der Waals surface area contributed by atoms with E-state index in [0.717, 1.165) is 12.1 Å². The molecule has 0 saturated carbocycles. The molecule has 1 fully saturated rings. The Morgan fingerprint density at radius 3 is 2.37 bits per heavy atom.